The highest BCUT2D eigenvalue weighted by Gasteiger charge is 2.37. The fraction of sp³-hybridized carbons (Fsp3) is 0.214. The maximum Gasteiger partial charge on any atom is 0.321 e. The summed E-state index contributed by atoms with van der Waals surface area (Å²) in [5, 5.41) is 5.40. The summed E-state index contributed by atoms with van der Waals surface area (Å²) in [6.07, 6.45) is 0.999. The van der Waals surface area contributed by atoms with E-state index in [0.717, 1.165) is 28.9 Å². The number of piperidine rings is 1. The van der Waals surface area contributed by atoms with Gasteiger partial charge in [-0.3, -0.25) is 4.79 Å². The Kier molecular flexibility index (Phi) is 4.75. The van der Waals surface area contributed by atoms with Crippen molar-refractivity contribution in [1.82, 2.24) is 9.47 Å². The van der Waals surface area contributed by atoms with E-state index in [1.54, 1.807) is 6.07 Å². The summed E-state index contributed by atoms with van der Waals surface area (Å²) in [6, 6.07) is 27.9. The molecule has 2 amide bonds. The van der Waals surface area contributed by atoms with E-state index >= 15 is 0 Å². The molecule has 0 saturated carbocycles. The second-order valence-corrected chi connectivity index (χ2v) is 9.14. The number of benzene rings is 3. The Morgan fingerprint density at radius 3 is 2.45 bits per heavy atom. The summed E-state index contributed by atoms with van der Waals surface area (Å²) in [7, 11) is 0. The van der Waals surface area contributed by atoms with Crippen molar-refractivity contribution in [1.29, 1.82) is 0 Å². The van der Waals surface area contributed by atoms with Crippen LogP contribution in [0.15, 0.2) is 89.7 Å². The average molecular weight is 436 g/mol. The molecule has 164 valence electrons. The van der Waals surface area contributed by atoms with Crippen molar-refractivity contribution in [3.8, 4) is 11.1 Å². The fourth-order valence-electron chi connectivity index (χ4n) is 5.51. The normalized spacial score (nSPS) is 19.2. The molecule has 1 N–H and O–H groups in total. The van der Waals surface area contributed by atoms with Gasteiger partial charge in [0.1, 0.15) is 0 Å². The minimum absolute atomic E-state index is 0.0476. The lowest BCUT2D eigenvalue weighted by atomic mass is 9.80. The van der Waals surface area contributed by atoms with Gasteiger partial charge >= 0.3 is 6.03 Å². The number of carbonyl (C=O) groups is 1. The first-order valence-corrected chi connectivity index (χ1v) is 11.5. The highest BCUT2D eigenvalue weighted by molar-refractivity contribution is 5.90. The summed E-state index contributed by atoms with van der Waals surface area (Å²) in [6.45, 7) is 1.93. The summed E-state index contributed by atoms with van der Waals surface area (Å²) in [4.78, 5) is 27.8. The van der Waals surface area contributed by atoms with Crippen LogP contribution in [0.3, 0.4) is 0 Å². The number of anilines is 1. The molecule has 3 aromatic carbocycles. The molecule has 5 heteroatoms. The topological polar surface area (TPSA) is 54.3 Å². The number of hydrogen-bond acceptors (Lipinski definition) is 2. The monoisotopic (exact) mass is 435 g/mol. The number of urea groups is 1. The molecule has 2 atom stereocenters. The Morgan fingerprint density at radius 2 is 1.61 bits per heavy atom. The van der Waals surface area contributed by atoms with Crippen LogP contribution in [0.2, 0.25) is 0 Å². The van der Waals surface area contributed by atoms with Crippen LogP contribution < -0.4 is 10.9 Å². The van der Waals surface area contributed by atoms with Gasteiger partial charge < -0.3 is 14.8 Å². The zero-order chi connectivity index (χ0) is 22.4. The lowest BCUT2D eigenvalue weighted by Gasteiger charge is -2.43. The Balaban J connectivity index is 1.36. The second-order valence-electron chi connectivity index (χ2n) is 9.14. The molecule has 5 nitrogen and oxygen atoms in total. The molecule has 1 saturated heterocycles. The Bertz CT molecular complexity index is 1410. The third kappa shape index (κ3) is 3.59. The van der Waals surface area contributed by atoms with Crippen LogP contribution in [0.4, 0.5) is 10.5 Å². The molecule has 4 aromatic rings. The molecule has 2 unspecified atom stereocenters. The number of amides is 2. The molecular weight excluding hydrogens is 410 g/mol. The zero-order valence-electron chi connectivity index (χ0n) is 18.3. The molecular formula is C28H25N3O2. The minimum Gasteiger partial charge on any atom is -0.324 e. The lowest BCUT2D eigenvalue weighted by molar-refractivity contribution is 0.140. The maximum absolute atomic E-state index is 13.0. The molecule has 1 aromatic heterocycles. The highest BCUT2D eigenvalue weighted by Crippen LogP contribution is 2.40. The largest absolute Gasteiger partial charge is 0.324 e. The molecule has 0 radical (unpaired) electrons. The molecule has 0 spiro atoms. The van der Waals surface area contributed by atoms with Gasteiger partial charge in [0, 0.05) is 48.6 Å². The van der Waals surface area contributed by atoms with Gasteiger partial charge in [0.25, 0.3) is 5.56 Å². The van der Waals surface area contributed by atoms with E-state index in [1.807, 2.05) is 58.0 Å². The SMILES string of the molecule is O=C(Nc1ccccc1)N1CC2CC(C1)c1c(-c3ccc4ccccc4c3)ccc(=O)n1C2. The van der Waals surface area contributed by atoms with E-state index in [0.29, 0.717) is 19.6 Å². The standard InChI is InChI=1S/C28H25N3O2/c32-26-13-12-25(22-11-10-20-6-4-5-7-21(20)15-22)27-23-14-19(17-31(26)27)16-30(18-23)28(33)29-24-8-2-1-3-9-24/h1-13,15,19,23H,14,16-18H2,(H,29,33). The number of hydrogen-bond donors (Lipinski definition) is 1. The van der Waals surface area contributed by atoms with Gasteiger partial charge in [-0.1, -0.05) is 54.6 Å². The summed E-state index contributed by atoms with van der Waals surface area (Å²) in [5.74, 6) is 0.414. The molecule has 1 fully saturated rings. The first-order chi connectivity index (χ1) is 16.2. The number of nitrogens with one attached hydrogen (secondary N) is 1. The zero-order valence-corrected chi connectivity index (χ0v) is 18.3. The van der Waals surface area contributed by atoms with E-state index in [9.17, 15) is 9.59 Å². The molecule has 6 rings (SSSR count). The highest BCUT2D eigenvalue weighted by atomic mass is 16.2. The first kappa shape index (κ1) is 19.8. The first-order valence-electron chi connectivity index (χ1n) is 11.5. The molecule has 3 heterocycles. The van der Waals surface area contributed by atoms with Crippen molar-refractivity contribution in [2.75, 3.05) is 18.4 Å². The molecule has 2 aliphatic heterocycles. The van der Waals surface area contributed by atoms with Crippen molar-refractivity contribution >= 4 is 22.5 Å². The maximum atomic E-state index is 13.0. The fourth-order valence-corrected chi connectivity index (χ4v) is 5.51. The number of pyridine rings is 1. The van der Waals surface area contributed by atoms with Gasteiger partial charge in [-0.05, 0) is 52.9 Å². The van der Waals surface area contributed by atoms with Crippen LogP contribution in [-0.2, 0) is 6.54 Å². The predicted molar refractivity (Wildman–Crippen MR) is 132 cm³/mol. The number of rotatable bonds is 2. The molecule has 33 heavy (non-hydrogen) atoms. The van der Waals surface area contributed by atoms with Crippen LogP contribution in [0, 0.1) is 5.92 Å². The van der Waals surface area contributed by atoms with Gasteiger partial charge in [0.2, 0.25) is 0 Å². The number of para-hydroxylation sites is 1. The lowest BCUT2D eigenvalue weighted by Crippen LogP contribution is -2.50. The van der Waals surface area contributed by atoms with Crippen LogP contribution in [0.1, 0.15) is 18.0 Å². The van der Waals surface area contributed by atoms with Crippen molar-refractivity contribution in [2.24, 2.45) is 5.92 Å². The van der Waals surface area contributed by atoms with E-state index in [1.165, 1.54) is 10.8 Å². The van der Waals surface area contributed by atoms with Crippen LogP contribution in [0.5, 0.6) is 0 Å². The number of nitrogens with zero attached hydrogens (tertiary/aromatic N) is 2. The number of carbonyl (C=O) groups excluding carboxylic acids is 1. The van der Waals surface area contributed by atoms with Gasteiger partial charge in [-0.2, -0.15) is 0 Å². The molecule has 2 aliphatic rings. The van der Waals surface area contributed by atoms with Crippen LogP contribution in [-0.4, -0.2) is 28.6 Å². The van der Waals surface area contributed by atoms with Crippen molar-refractivity contribution < 1.29 is 4.79 Å². The number of aromatic nitrogens is 1. The molecule has 0 aliphatic carbocycles. The van der Waals surface area contributed by atoms with Crippen molar-refractivity contribution in [2.45, 2.75) is 18.9 Å². The average Bonchev–Trinajstić information content (AvgIpc) is 2.85. The van der Waals surface area contributed by atoms with Gasteiger partial charge in [-0.25, -0.2) is 4.79 Å². The van der Waals surface area contributed by atoms with Gasteiger partial charge in [0.15, 0.2) is 0 Å². The van der Waals surface area contributed by atoms with E-state index in [2.05, 4.69) is 35.6 Å². The third-order valence-corrected chi connectivity index (χ3v) is 6.96. The Labute approximate surface area is 192 Å². The number of likely N-dealkylation sites (tertiary alicyclic amines) is 1. The number of fused-ring (bicyclic) bond motifs is 5. The van der Waals surface area contributed by atoms with Crippen LogP contribution >= 0.6 is 0 Å². The third-order valence-electron chi connectivity index (χ3n) is 6.96. The summed E-state index contributed by atoms with van der Waals surface area (Å²) in [5.41, 5.74) is 4.11. The summed E-state index contributed by atoms with van der Waals surface area (Å²) >= 11 is 0. The van der Waals surface area contributed by atoms with E-state index in [4.69, 9.17) is 0 Å². The molecule has 2 bridgehead atoms. The quantitative estimate of drug-likeness (QED) is 0.463. The van der Waals surface area contributed by atoms with Gasteiger partial charge in [-0.15, -0.1) is 0 Å². The van der Waals surface area contributed by atoms with E-state index in [-0.39, 0.29) is 23.4 Å². The Hall–Kier alpha value is -3.86. The smallest absolute Gasteiger partial charge is 0.321 e. The van der Waals surface area contributed by atoms with Gasteiger partial charge in [0.05, 0.1) is 0 Å². The minimum atomic E-state index is -0.0742. The van der Waals surface area contributed by atoms with Crippen molar-refractivity contribution in [3.63, 3.8) is 0 Å². The van der Waals surface area contributed by atoms with E-state index < -0.39 is 0 Å². The van der Waals surface area contributed by atoms with Crippen molar-refractivity contribution in [3.05, 3.63) is 101 Å². The van der Waals surface area contributed by atoms with Crippen LogP contribution in [0.25, 0.3) is 21.9 Å². The second kappa shape index (κ2) is 7.93. The Morgan fingerprint density at radius 1 is 0.818 bits per heavy atom. The predicted octanol–water partition coefficient (Wildman–Crippen LogP) is 5.32. The summed E-state index contributed by atoms with van der Waals surface area (Å²) < 4.78 is 1.95.